The lowest BCUT2D eigenvalue weighted by Crippen LogP contribution is -2.44. The van der Waals surface area contributed by atoms with Crippen molar-refractivity contribution >= 4 is 24.0 Å². The van der Waals surface area contributed by atoms with E-state index in [2.05, 4.69) is 10.6 Å². The molecule has 0 saturated heterocycles. The summed E-state index contributed by atoms with van der Waals surface area (Å²) < 4.78 is 15.4. The number of carbonyl (C=O) groups is 3. The van der Waals surface area contributed by atoms with Gasteiger partial charge in [0.2, 0.25) is 0 Å². The molecule has 0 aliphatic rings. The average Bonchev–Trinajstić information content (AvgIpc) is 2.65. The number of carbonyl (C=O) groups excluding carboxylic acids is 3. The van der Waals surface area contributed by atoms with E-state index in [1.165, 1.54) is 7.11 Å². The van der Waals surface area contributed by atoms with Crippen molar-refractivity contribution in [3.8, 4) is 11.5 Å². The molecule has 0 aliphatic heterocycles. The van der Waals surface area contributed by atoms with Crippen LogP contribution in [0.4, 0.5) is 4.79 Å². The summed E-state index contributed by atoms with van der Waals surface area (Å²) >= 11 is 0. The van der Waals surface area contributed by atoms with E-state index in [1.807, 2.05) is 32.1 Å². The molecule has 1 rings (SSSR count). The summed E-state index contributed by atoms with van der Waals surface area (Å²) in [5, 5.41) is 4.64. The van der Waals surface area contributed by atoms with Crippen molar-refractivity contribution in [1.82, 2.24) is 10.6 Å². The van der Waals surface area contributed by atoms with Crippen molar-refractivity contribution in [3.05, 3.63) is 29.8 Å². The summed E-state index contributed by atoms with van der Waals surface area (Å²) in [7, 11) is 1.49. The van der Waals surface area contributed by atoms with Crippen molar-refractivity contribution in [3.63, 3.8) is 0 Å². The third-order valence-electron chi connectivity index (χ3n) is 3.50. The van der Waals surface area contributed by atoms with Crippen molar-refractivity contribution < 1.29 is 28.6 Å². The molecule has 27 heavy (non-hydrogen) atoms. The topological polar surface area (TPSA) is 103 Å². The molecule has 2 N–H and O–H groups in total. The van der Waals surface area contributed by atoms with Gasteiger partial charge >= 0.3 is 12.0 Å². The number of urea groups is 1. The van der Waals surface area contributed by atoms with E-state index >= 15 is 0 Å². The number of ether oxygens (including phenoxy) is 3. The molecule has 0 aliphatic carbocycles. The highest BCUT2D eigenvalue weighted by molar-refractivity contribution is 5.95. The van der Waals surface area contributed by atoms with Crippen LogP contribution in [0.2, 0.25) is 0 Å². The van der Waals surface area contributed by atoms with E-state index in [1.54, 1.807) is 19.1 Å². The maximum atomic E-state index is 11.7. The van der Waals surface area contributed by atoms with Crippen LogP contribution in [-0.4, -0.2) is 44.3 Å². The van der Waals surface area contributed by atoms with Crippen LogP contribution in [0.25, 0.3) is 6.08 Å². The fraction of sp³-hybridized carbons (Fsp3) is 0.421. The van der Waals surface area contributed by atoms with Gasteiger partial charge in [0.25, 0.3) is 5.91 Å². The van der Waals surface area contributed by atoms with Crippen LogP contribution in [0.1, 0.15) is 32.8 Å². The van der Waals surface area contributed by atoms with Crippen molar-refractivity contribution in [2.45, 2.75) is 33.2 Å². The molecule has 0 unspecified atom stereocenters. The lowest BCUT2D eigenvalue weighted by molar-refractivity contribution is -0.150. The zero-order valence-corrected chi connectivity index (χ0v) is 16.0. The number of amides is 3. The Morgan fingerprint density at radius 3 is 2.56 bits per heavy atom. The highest BCUT2D eigenvalue weighted by Crippen LogP contribution is 2.28. The maximum absolute atomic E-state index is 11.7. The van der Waals surface area contributed by atoms with Gasteiger partial charge in [-0.05, 0) is 38.0 Å². The Morgan fingerprint density at radius 2 is 1.93 bits per heavy atom. The highest BCUT2D eigenvalue weighted by atomic mass is 16.6. The zero-order chi connectivity index (χ0) is 20.2. The number of allylic oxidation sites excluding steroid dienone is 1. The predicted octanol–water partition coefficient (Wildman–Crippen LogP) is 2.27. The molecule has 148 valence electrons. The summed E-state index contributed by atoms with van der Waals surface area (Å²) in [6.07, 6.45) is 4.52. The molecule has 8 heteroatoms. The average molecular weight is 378 g/mol. The first-order chi connectivity index (χ1) is 12.9. The number of nitrogens with one attached hydrogen (secondary N) is 2. The van der Waals surface area contributed by atoms with Crippen LogP contribution in [0.5, 0.6) is 11.5 Å². The molecule has 1 aromatic rings. The number of hydrogen-bond donors (Lipinski definition) is 2. The van der Waals surface area contributed by atoms with E-state index in [9.17, 15) is 14.4 Å². The number of esters is 1. The number of benzene rings is 1. The van der Waals surface area contributed by atoms with Gasteiger partial charge in [-0.2, -0.15) is 0 Å². The van der Waals surface area contributed by atoms with E-state index in [0.29, 0.717) is 11.5 Å². The summed E-state index contributed by atoms with van der Waals surface area (Å²) in [6, 6.07) is 4.56. The van der Waals surface area contributed by atoms with Crippen LogP contribution >= 0.6 is 0 Å². The minimum atomic E-state index is -0.743. The molecule has 0 saturated carbocycles. The Kier molecular flexibility index (Phi) is 9.42. The molecule has 8 nitrogen and oxygen atoms in total. The standard InChI is InChI=1S/C19H26N2O6/c1-5-7-14-8-9-15(16(10-14)25-4)26-12-18(23)27-11-17(22)21-19(24)20-13(3)6-2/h5,7-10,13H,6,11-12H2,1-4H3,(H2,20,21,22,24)/b7-5+/t13-/m1/s1. The molecule has 0 fully saturated rings. The SMILES string of the molecule is C/C=C/c1ccc(OCC(=O)OCC(=O)NC(=O)N[C@H](C)CC)c(OC)c1. The quantitative estimate of drug-likeness (QED) is 0.639. The minimum Gasteiger partial charge on any atom is -0.493 e. The van der Waals surface area contributed by atoms with E-state index in [0.717, 1.165) is 12.0 Å². The van der Waals surface area contributed by atoms with Crippen LogP contribution in [0, 0.1) is 0 Å². The van der Waals surface area contributed by atoms with Gasteiger partial charge in [0.15, 0.2) is 24.7 Å². The molecule has 0 radical (unpaired) electrons. The fourth-order valence-corrected chi connectivity index (χ4v) is 1.95. The molecular weight excluding hydrogens is 352 g/mol. The number of rotatable bonds is 9. The lowest BCUT2D eigenvalue weighted by Gasteiger charge is -2.12. The van der Waals surface area contributed by atoms with Gasteiger partial charge in [0, 0.05) is 6.04 Å². The van der Waals surface area contributed by atoms with Crippen LogP contribution in [0.3, 0.4) is 0 Å². The normalized spacial score (nSPS) is 11.6. The summed E-state index contributed by atoms with van der Waals surface area (Å²) in [5.41, 5.74) is 0.927. The third kappa shape index (κ3) is 8.26. The molecule has 0 heterocycles. The van der Waals surface area contributed by atoms with E-state index in [4.69, 9.17) is 14.2 Å². The zero-order valence-electron chi connectivity index (χ0n) is 16.0. The smallest absolute Gasteiger partial charge is 0.344 e. The number of methoxy groups -OCH3 is 1. The molecule has 0 spiro atoms. The van der Waals surface area contributed by atoms with E-state index in [-0.39, 0.29) is 6.04 Å². The summed E-state index contributed by atoms with van der Waals surface area (Å²) in [6.45, 7) is 4.63. The summed E-state index contributed by atoms with van der Waals surface area (Å²) in [5.74, 6) is -0.623. The van der Waals surface area contributed by atoms with E-state index < -0.39 is 31.1 Å². The molecule has 1 atom stereocenters. The summed E-state index contributed by atoms with van der Waals surface area (Å²) in [4.78, 5) is 34.8. The first kappa shape index (κ1) is 22.0. The first-order valence-corrected chi connectivity index (χ1v) is 8.59. The lowest BCUT2D eigenvalue weighted by atomic mass is 10.2. The molecular formula is C19H26N2O6. The Bertz CT molecular complexity index is 687. The van der Waals surface area contributed by atoms with Crippen molar-refractivity contribution in [1.29, 1.82) is 0 Å². The van der Waals surface area contributed by atoms with Gasteiger partial charge < -0.3 is 19.5 Å². The van der Waals surface area contributed by atoms with Crippen LogP contribution in [-0.2, 0) is 14.3 Å². The molecule has 3 amide bonds. The third-order valence-corrected chi connectivity index (χ3v) is 3.50. The Morgan fingerprint density at radius 1 is 1.19 bits per heavy atom. The largest absolute Gasteiger partial charge is 0.493 e. The second-order valence-electron chi connectivity index (χ2n) is 5.69. The maximum Gasteiger partial charge on any atom is 0.344 e. The highest BCUT2D eigenvalue weighted by Gasteiger charge is 2.13. The number of imide groups is 1. The Labute approximate surface area is 158 Å². The van der Waals surface area contributed by atoms with Gasteiger partial charge in [-0.1, -0.05) is 25.1 Å². The fourth-order valence-electron chi connectivity index (χ4n) is 1.95. The predicted molar refractivity (Wildman–Crippen MR) is 101 cm³/mol. The van der Waals surface area contributed by atoms with Gasteiger partial charge in [0.05, 0.1) is 7.11 Å². The van der Waals surface area contributed by atoms with Crippen LogP contribution < -0.4 is 20.1 Å². The van der Waals surface area contributed by atoms with Gasteiger partial charge in [-0.3, -0.25) is 10.1 Å². The molecule has 0 aromatic heterocycles. The van der Waals surface area contributed by atoms with Gasteiger partial charge in [-0.15, -0.1) is 0 Å². The first-order valence-electron chi connectivity index (χ1n) is 8.59. The van der Waals surface area contributed by atoms with Gasteiger partial charge in [-0.25, -0.2) is 9.59 Å². The Balaban J connectivity index is 2.43. The molecule has 1 aromatic carbocycles. The number of hydrogen-bond acceptors (Lipinski definition) is 6. The monoisotopic (exact) mass is 378 g/mol. The van der Waals surface area contributed by atoms with Crippen molar-refractivity contribution in [2.75, 3.05) is 20.3 Å². The minimum absolute atomic E-state index is 0.0667. The Hall–Kier alpha value is -3.03. The second-order valence-corrected chi connectivity index (χ2v) is 5.69. The van der Waals surface area contributed by atoms with Crippen molar-refractivity contribution in [2.24, 2.45) is 0 Å². The van der Waals surface area contributed by atoms with Gasteiger partial charge in [0.1, 0.15) is 0 Å². The second kappa shape index (κ2) is 11.6. The van der Waals surface area contributed by atoms with Crippen LogP contribution in [0.15, 0.2) is 24.3 Å². The molecule has 0 bridgehead atoms.